The van der Waals surface area contributed by atoms with Crippen LogP contribution >= 0.6 is 0 Å². The molecule has 0 spiro atoms. The lowest BCUT2D eigenvalue weighted by atomic mass is 9.81. The van der Waals surface area contributed by atoms with Gasteiger partial charge in [0.25, 0.3) is 0 Å². The second-order valence-corrected chi connectivity index (χ2v) is 6.30. The Balaban J connectivity index is 5.05. The number of carbonyl (C=O) groups is 2. The standard InChI is InChI=1S/C15H28O4/c1-9(2)7-12(14(16)17)13(8-10(3)4)15(18)19-11(5)6/h9-13H,7-8H2,1-6H3,(H,16,17)/t12-,13+/m0/s1. The van der Waals surface area contributed by atoms with Gasteiger partial charge >= 0.3 is 11.9 Å². The Labute approximate surface area is 116 Å². The summed E-state index contributed by atoms with van der Waals surface area (Å²) in [6.45, 7) is 11.5. The Morgan fingerprint density at radius 2 is 1.32 bits per heavy atom. The number of rotatable bonds is 8. The van der Waals surface area contributed by atoms with Gasteiger partial charge in [-0.05, 0) is 38.5 Å². The van der Waals surface area contributed by atoms with Crippen LogP contribution in [-0.4, -0.2) is 23.1 Å². The van der Waals surface area contributed by atoms with Crippen molar-refractivity contribution in [1.82, 2.24) is 0 Å². The second kappa shape index (κ2) is 8.18. The van der Waals surface area contributed by atoms with E-state index in [0.717, 1.165) is 0 Å². The summed E-state index contributed by atoms with van der Waals surface area (Å²) in [5, 5.41) is 9.38. The van der Waals surface area contributed by atoms with Crippen molar-refractivity contribution in [2.45, 2.75) is 60.5 Å². The van der Waals surface area contributed by atoms with Crippen molar-refractivity contribution in [1.29, 1.82) is 0 Å². The van der Waals surface area contributed by atoms with Gasteiger partial charge in [0.15, 0.2) is 0 Å². The van der Waals surface area contributed by atoms with Crippen molar-refractivity contribution in [2.75, 3.05) is 0 Å². The molecular formula is C15H28O4. The zero-order valence-electron chi connectivity index (χ0n) is 13.0. The third-order valence-corrected chi connectivity index (χ3v) is 2.91. The monoisotopic (exact) mass is 272 g/mol. The number of esters is 1. The molecule has 0 bridgehead atoms. The number of carboxylic acid groups (broad SMARTS) is 1. The molecule has 0 aromatic rings. The van der Waals surface area contributed by atoms with Crippen LogP contribution < -0.4 is 0 Å². The van der Waals surface area contributed by atoms with Crippen molar-refractivity contribution in [2.24, 2.45) is 23.7 Å². The molecule has 0 aromatic heterocycles. The summed E-state index contributed by atoms with van der Waals surface area (Å²) in [4.78, 5) is 23.6. The molecule has 0 heterocycles. The van der Waals surface area contributed by atoms with Gasteiger partial charge in [-0.25, -0.2) is 0 Å². The smallest absolute Gasteiger partial charge is 0.310 e. The molecular weight excluding hydrogens is 244 g/mol. The first kappa shape index (κ1) is 17.9. The van der Waals surface area contributed by atoms with Crippen LogP contribution in [0.25, 0.3) is 0 Å². The van der Waals surface area contributed by atoms with Crippen LogP contribution in [0.2, 0.25) is 0 Å². The second-order valence-electron chi connectivity index (χ2n) is 6.30. The Morgan fingerprint density at radius 3 is 1.63 bits per heavy atom. The highest BCUT2D eigenvalue weighted by Gasteiger charge is 2.35. The van der Waals surface area contributed by atoms with Crippen LogP contribution in [0.4, 0.5) is 0 Å². The predicted octanol–water partition coefficient (Wildman–Crippen LogP) is 3.35. The van der Waals surface area contributed by atoms with Crippen LogP contribution in [0.5, 0.6) is 0 Å². The van der Waals surface area contributed by atoms with E-state index >= 15 is 0 Å². The highest BCUT2D eigenvalue weighted by molar-refractivity contribution is 5.81. The van der Waals surface area contributed by atoms with E-state index in [1.165, 1.54) is 0 Å². The molecule has 0 saturated carbocycles. The summed E-state index contributed by atoms with van der Waals surface area (Å²) < 4.78 is 5.22. The summed E-state index contributed by atoms with van der Waals surface area (Å²) in [5.74, 6) is -1.99. The number of hydrogen-bond donors (Lipinski definition) is 1. The third-order valence-electron chi connectivity index (χ3n) is 2.91. The largest absolute Gasteiger partial charge is 0.481 e. The molecule has 0 aliphatic rings. The van der Waals surface area contributed by atoms with E-state index in [-0.39, 0.29) is 23.9 Å². The van der Waals surface area contributed by atoms with Crippen molar-refractivity contribution < 1.29 is 19.4 Å². The molecule has 0 rings (SSSR count). The quantitative estimate of drug-likeness (QED) is 0.688. The Bertz CT molecular complexity index is 295. The fourth-order valence-electron chi connectivity index (χ4n) is 2.20. The molecule has 0 aromatic carbocycles. The maximum atomic E-state index is 12.1. The summed E-state index contributed by atoms with van der Waals surface area (Å²) in [5.41, 5.74) is 0. The molecule has 19 heavy (non-hydrogen) atoms. The highest BCUT2D eigenvalue weighted by atomic mass is 16.5. The summed E-state index contributed by atoms with van der Waals surface area (Å²) in [6.07, 6.45) is 0.838. The van der Waals surface area contributed by atoms with Crippen LogP contribution in [0, 0.1) is 23.7 Å². The molecule has 112 valence electrons. The lowest BCUT2D eigenvalue weighted by Crippen LogP contribution is -2.34. The predicted molar refractivity (Wildman–Crippen MR) is 74.8 cm³/mol. The summed E-state index contributed by atoms with van der Waals surface area (Å²) in [6, 6.07) is 0. The lowest BCUT2D eigenvalue weighted by molar-refractivity contribution is -0.162. The number of carboxylic acids is 1. The van der Waals surface area contributed by atoms with Crippen molar-refractivity contribution >= 4 is 11.9 Å². The van der Waals surface area contributed by atoms with Crippen LogP contribution in [0.3, 0.4) is 0 Å². The van der Waals surface area contributed by atoms with Gasteiger partial charge < -0.3 is 9.84 Å². The molecule has 0 fully saturated rings. The number of carbonyl (C=O) groups excluding carboxylic acids is 1. The molecule has 4 nitrogen and oxygen atoms in total. The van der Waals surface area contributed by atoms with Gasteiger partial charge in [-0.15, -0.1) is 0 Å². The van der Waals surface area contributed by atoms with E-state index < -0.39 is 17.8 Å². The van der Waals surface area contributed by atoms with E-state index in [9.17, 15) is 14.7 Å². The van der Waals surface area contributed by atoms with Crippen molar-refractivity contribution in [3.05, 3.63) is 0 Å². The molecule has 0 amide bonds. The molecule has 0 saturated heterocycles. The highest BCUT2D eigenvalue weighted by Crippen LogP contribution is 2.28. The van der Waals surface area contributed by atoms with Gasteiger partial charge in [-0.3, -0.25) is 9.59 Å². The normalized spacial score (nSPS) is 14.8. The molecule has 4 heteroatoms. The fraction of sp³-hybridized carbons (Fsp3) is 0.867. The van der Waals surface area contributed by atoms with E-state index in [2.05, 4.69) is 0 Å². The van der Waals surface area contributed by atoms with Gasteiger partial charge in [0.1, 0.15) is 0 Å². The first-order valence-electron chi connectivity index (χ1n) is 7.08. The van der Waals surface area contributed by atoms with Gasteiger partial charge in [-0.2, -0.15) is 0 Å². The number of aliphatic carboxylic acids is 1. The molecule has 0 radical (unpaired) electrons. The van der Waals surface area contributed by atoms with Gasteiger partial charge in [0.2, 0.25) is 0 Å². The molecule has 2 atom stereocenters. The molecule has 0 unspecified atom stereocenters. The average molecular weight is 272 g/mol. The fourth-order valence-corrected chi connectivity index (χ4v) is 2.20. The molecule has 0 aliphatic heterocycles. The Morgan fingerprint density at radius 1 is 0.895 bits per heavy atom. The maximum absolute atomic E-state index is 12.1. The number of ether oxygens (including phenoxy) is 1. The zero-order valence-corrected chi connectivity index (χ0v) is 13.0. The Hall–Kier alpha value is -1.06. The van der Waals surface area contributed by atoms with E-state index in [4.69, 9.17) is 4.74 Å². The third kappa shape index (κ3) is 7.19. The van der Waals surface area contributed by atoms with Crippen LogP contribution in [-0.2, 0) is 14.3 Å². The Kier molecular flexibility index (Phi) is 7.72. The van der Waals surface area contributed by atoms with E-state index in [1.54, 1.807) is 13.8 Å². The van der Waals surface area contributed by atoms with Crippen LogP contribution in [0.15, 0.2) is 0 Å². The number of hydrogen-bond acceptors (Lipinski definition) is 3. The van der Waals surface area contributed by atoms with Crippen molar-refractivity contribution in [3.8, 4) is 0 Å². The van der Waals surface area contributed by atoms with Gasteiger partial charge in [-0.1, -0.05) is 27.7 Å². The first-order valence-corrected chi connectivity index (χ1v) is 7.08. The van der Waals surface area contributed by atoms with Gasteiger partial charge in [0, 0.05) is 0 Å². The van der Waals surface area contributed by atoms with E-state index in [1.807, 2.05) is 27.7 Å². The lowest BCUT2D eigenvalue weighted by Gasteiger charge is -2.26. The van der Waals surface area contributed by atoms with Gasteiger partial charge in [0.05, 0.1) is 17.9 Å². The minimum absolute atomic E-state index is 0.212. The average Bonchev–Trinajstić information content (AvgIpc) is 2.20. The summed E-state index contributed by atoms with van der Waals surface area (Å²) in [7, 11) is 0. The molecule has 1 N–H and O–H groups in total. The zero-order chi connectivity index (χ0) is 15.2. The minimum atomic E-state index is -0.903. The SMILES string of the molecule is CC(C)C[C@H](C(=O)O)[C@@H](CC(C)C)C(=O)OC(C)C. The maximum Gasteiger partial charge on any atom is 0.310 e. The van der Waals surface area contributed by atoms with Crippen molar-refractivity contribution in [3.63, 3.8) is 0 Å². The first-order chi connectivity index (χ1) is 8.65. The topological polar surface area (TPSA) is 63.6 Å². The molecule has 0 aliphatic carbocycles. The summed E-state index contributed by atoms with van der Waals surface area (Å²) >= 11 is 0. The minimum Gasteiger partial charge on any atom is -0.481 e. The van der Waals surface area contributed by atoms with E-state index in [0.29, 0.717) is 12.8 Å². The van der Waals surface area contributed by atoms with Crippen LogP contribution in [0.1, 0.15) is 54.4 Å².